The van der Waals surface area contributed by atoms with E-state index >= 15 is 0 Å². The van der Waals surface area contributed by atoms with Crippen LogP contribution in [0.1, 0.15) is 0 Å². The first-order chi connectivity index (χ1) is 32.8. The van der Waals surface area contributed by atoms with Crippen LogP contribution in [0, 0.1) is 0 Å². The van der Waals surface area contributed by atoms with Gasteiger partial charge < -0.3 is 4.90 Å². The summed E-state index contributed by atoms with van der Waals surface area (Å²) in [4.78, 5) is 7.37. The van der Waals surface area contributed by atoms with Crippen LogP contribution in [-0.2, 0) is 0 Å². The lowest BCUT2D eigenvalue weighted by atomic mass is 9.93. The summed E-state index contributed by atoms with van der Waals surface area (Å²) in [6, 6.07) is 96.0. The van der Waals surface area contributed by atoms with Crippen LogP contribution in [0.4, 0.5) is 32.8 Å². The van der Waals surface area contributed by atoms with Crippen molar-refractivity contribution in [3.05, 3.63) is 267 Å². The second-order valence-corrected chi connectivity index (χ2v) is 18.0. The zero-order chi connectivity index (χ0) is 44.1. The van der Waals surface area contributed by atoms with E-state index in [1.165, 1.54) is 65.4 Å². The van der Waals surface area contributed by atoms with Crippen LogP contribution in [0.5, 0.6) is 0 Å². The number of anilines is 6. The van der Waals surface area contributed by atoms with Crippen molar-refractivity contribution in [3.8, 4) is 65.4 Å². The molecule has 0 spiro atoms. The zero-order valence-corrected chi connectivity index (χ0v) is 37.7. The van der Waals surface area contributed by atoms with Crippen molar-refractivity contribution in [2.75, 3.05) is 4.90 Å². The zero-order valence-electron chi connectivity index (χ0n) is 36.1. The fourth-order valence-corrected chi connectivity index (χ4v) is 11.7. The monoisotopic (exact) mass is 880 g/mol. The van der Waals surface area contributed by atoms with Gasteiger partial charge >= 0.3 is 0 Å². The molecule has 0 fully saturated rings. The molecule has 2 nitrogen and oxygen atoms in total. The Bertz CT molecular complexity index is 3070. The van der Waals surface area contributed by atoms with Crippen molar-refractivity contribution in [1.82, 2.24) is 4.90 Å². The minimum atomic E-state index is 1.07. The molecule has 0 bridgehead atoms. The molecule has 0 aliphatic heterocycles. The van der Waals surface area contributed by atoms with Crippen molar-refractivity contribution < 1.29 is 0 Å². The molecule has 9 aromatic carbocycles. The highest BCUT2D eigenvalue weighted by molar-refractivity contribution is 7.21. The molecule has 0 amide bonds. The van der Waals surface area contributed by atoms with Crippen LogP contribution in [-0.4, -0.2) is 0 Å². The molecule has 1 radical (unpaired) electrons. The Labute approximate surface area is 395 Å². The Hall–Kier alpha value is -7.86. The van der Waals surface area contributed by atoms with Crippen LogP contribution in [0.2, 0.25) is 0 Å². The molecule has 0 saturated carbocycles. The van der Waals surface area contributed by atoms with Gasteiger partial charge in [0.25, 0.3) is 5.00 Å². The molecule has 4 heteroatoms. The quantitative estimate of drug-likeness (QED) is 0.111. The average Bonchev–Trinajstić information content (AvgIpc) is 3.99. The van der Waals surface area contributed by atoms with Crippen LogP contribution in [0.25, 0.3) is 65.4 Å². The van der Waals surface area contributed by atoms with Crippen molar-refractivity contribution in [3.63, 3.8) is 0 Å². The number of hydrogen-bond acceptors (Lipinski definition) is 4. The average molecular weight is 881 g/mol. The van der Waals surface area contributed by atoms with Crippen molar-refractivity contribution in [1.29, 1.82) is 0 Å². The summed E-state index contributed by atoms with van der Waals surface area (Å²) in [5.41, 5.74) is 16.3. The van der Waals surface area contributed by atoms with Gasteiger partial charge in [-0.3, -0.25) is 0 Å². The Kier molecular flexibility index (Phi) is 11.6. The van der Waals surface area contributed by atoms with Crippen molar-refractivity contribution in [2.45, 2.75) is 0 Å². The van der Waals surface area contributed by atoms with Gasteiger partial charge in [-0.15, -0.1) is 11.3 Å². The molecule has 0 aliphatic rings. The van der Waals surface area contributed by atoms with Gasteiger partial charge in [0.15, 0.2) is 11.4 Å². The standard InChI is InChI=1S/C62H44N2S2/c1-9-25-45(26-10-1)55-57(47-29-13-3-14-30-47)61(65-59(55)49-33-17-5-18-34-49)63(51-37-21-7-22-38-51)53-41-43-54(44-42-53)64(52-39-23-8-24-40-52)62-58(48-31-15-4-16-32-48)56(46-27-11-2-12-28-46)60(66-62)50-35-19-6-20-36-50/h1-44H/q+1. The van der Waals surface area contributed by atoms with Crippen LogP contribution >= 0.6 is 22.7 Å². The first-order valence-corrected chi connectivity index (χ1v) is 23.9. The van der Waals surface area contributed by atoms with Gasteiger partial charge in [0, 0.05) is 62.1 Å². The molecule has 0 unspecified atom stereocenters. The lowest BCUT2D eigenvalue weighted by molar-refractivity contribution is 0.952. The second-order valence-electron chi connectivity index (χ2n) is 16.0. The molecule has 11 aromatic rings. The van der Waals surface area contributed by atoms with E-state index in [0.717, 1.165) is 32.8 Å². The fourth-order valence-electron chi connectivity index (χ4n) is 8.92. The lowest BCUT2D eigenvalue weighted by Crippen LogP contribution is -2.12. The van der Waals surface area contributed by atoms with Crippen LogP contribution in [0.15, 0.2) is 267 Å². The molecule has 11 rings (SSSR count). The summed E-state index contributed by atoms with van der Waals surface area (Å²) < 4.78 is 0. The molecule has 0 N–H and O–H groups in total. The maximum atomic E-state index is 2.45. The molecule has 313 valence electrons. The normalized spacial score (nSPS) is 11.2. The van der Waals surface area contributed by atoms with E-state index in [1.807, 2.05) is 22.7 Å². The van der Waals surface area contributed by atoms with Crippen LogP contribution in [0.3, 0.4) is 0 Å². The number of rotatable bonds is 12. The third-order valence-electron chi connectivity index (χ3n) is 11.9. The Morgan fingerprint density at radius 3 is 1.03 bits per heavy atom. The minimum Gasteiger partial charge on any atom is -0.301 e. The summed E-state index contributed by atoms with van der Waals surface area (Å²) in [6.07, 6.45) is 0. The van der Waals surface area contributed by atoms with Gasteiger partial charge in [-0.2, -0.15) is 0 Å². The van der Waals surface area contributed by atoms with Gasteiger partial charge in [0.2, 0.25) is 0 Å². The smallest absolute Gasteiger partial charge is 0.257 e. The second kappa shape index (κ2) is 18.7. The topological polar surface area (TPSA) is 9.14 Å². The van der Waals surface area contributed by atoms with Gasteiger partial charge in [-0.05, 0) is 62.5 Å². The lowest BCUT2D eigenvalue weighted by Gasteiger charge is -2.26. The number of nitrogens with zero attached hydrogens (tertiary/aromatic N) is 2. The Morgan fingerprint density at radius 1 is 0.258 bits per heavy atom. The summed E-state index contributed by atoms with van der Waals surface area (Å²) >= 11 is 3.70. The first-order valence-electron chi connectivity index (χ1n) is 22.3. The van der Waals surface area contributed by atoms with Gasteiger partial charge in [0.05, 0.1) is 5.56 Å². The van der Waals surface area contributed by atoms with E-state index in [2.05, 4.69) is 277 Å². The minimum absolute atomic E-state index is 1.07. The van der Waals surface area contributed by atoms with E-state index < -0.39 is 0 Å². The Morgan fingerprint density at radius 2 is 0.576 bits per heavy atom. The maximum Gasteiger partial charge on any atom is 0.257 e. The molecular formula is C62H44N2S2+. The predicted molar refractivity (Wildman–Crippen MR) is 283 cm³/mol. The first kappa shape index (κ1) is 40.9. The van der Waals surface area contributed by atoms with E-state index in [0.29, 0.717) is 0 Å². The molecular weight excluding hydrogens is 837 g/mol. The molecule has 0 aliphatic carbocycles. The van der Waals surface area contributed by atoms with E-state index in [4.69, 9.17) is 0 Å². The van der Waals surface area contributed by atoms with E-state index in [9.17, 15) is 0 Å². The molecule has 0 atom stereocenters. The molecule has 66 heavy (non-hydrogen) atoms. The third kappa shape index (κ3) is 7.99. The largest absolute Gasteiger partial charge is 0.301 e. The van der Waals surface area contributed by atoms with E-state index in [1.54, 1.807) is 0 Å². The highest BCUT2D eigenvalue weighted by Gasteiger charge is 2.36. The van der Waals surface area contributed by atoms with Gasteiger partial charge in [0.1, 0.15) is 5.00 Å². The highest BCUT2D eigenvalue weighted by atomic mass is 32.1. The number of para-hydroxylation sites is 2. The summed E-state index contributed by atoms with van der Waals surface area (Å²) in [5.74, 6) is 0. The van der Waals surface area contributed by atoms with Crippen LogP contribution < -0.4 is 9.80 Å². The van der Waals surface area contributed by atoms with Crippen molar-refractivity contribution >= 4 is 55.4 Å². The highest BCUT2D eigenvalue weighted by Crippen LogP contribution is 2.57. The number of hydrogen-bond donors (Lipinski definition) is 0. The molecule has 0 saturated heterocycles. The maximum absolute atomic E-state index is 2.45. The summed E-state index contributed by atoms with van der Waals surface area (Å²) in [5, 5.41) is 2.31. The van der Waals surface area contributed by atoms with E-state index in [-0.39, 0.29) is 0 Å². The number of thiophene rings is 2. The molecule has 2 aromatic heterocycles. The van der Waals surface area contributed by atoms with Gasteiger partial charge in [-0.1, -0.05) is 230 Å². The van der Waals surface area contributed by atoms with Crippen molar-refractivity contribution in [2.24, 2.45) is 0 Å². The number of benzene rings is 9. The predicted octanol–water partition coefficient (Wildman–Crippen LogP) is 18.7. The van der Waals surface area contributed by atoms with Gasteiger partial charge in [-0.25, -0.2) is 0 Å². The molecule has 2 heterocycles. The summed E-state index contributed by atoms with van der Waals surface area (Å²) in [6.45, 7) is 0. The Balaban J connectivity index is 1.14. The fraction of sp³-hybridized carbons (Fsp3) is 0. The third-order valence-corrected chi connectivity index (χ3v) is 14.4. The SMILES string of the molecule is c1ccc(-c2sc(N(c3ccccc3)c3ccc([N+](c4ccccc4)c4sc(-c5ccccc5)c(-c5ccccc5)c4-c4ccccc4)cc3)c(-c3ccccc3)c2-c2ccccc2)cc1. The summed E-state index contributed by atoms with van der Waals surface area (Å²) in [7, 11) is 0.